The number of furan rings is 1. The van der Waals surface area contributed by atoms with Crippen LogP contribution in [-0.4, -0.2) is 31.4 Å². The van der Waals surface area contributed by atoms with Crippen molar-refractivity contribution in [2.45, 2.75) is 13.0 Å². The summed E-state index contributed by atoms with van der Waals surface area (Å²) in [4.78, 5) is 14.7. The van der Waals surface area contributed by atoms with Gasteiger partial charge in [0.15, 0.2) is 5.76 Å². The maximum atomic E-state index is 12.6. The highest BCUT2D eigenvalue weighted by molar-refractivity contribution is 7.07. The van der Waals surface area contributed by atoms with Crippen LogP contribution in [0.3, 0.4) is 0 Å². The number of nitrogens with one attached hydrogen (secondary N) is 1. The van der Waals surface area contributed by atoms with E-state index in [0.29, 0.717) is 22.9 Å². The fourth-order valence-corrected chi connectivity index (χ4v) is 3.62. The number of hydrogen-bond acceptors (Lipinski definition) is 4. The predicted octanol–water partition coefficient (Wildman–Crippen LogP) is 4.49. The fourth-order valence-electron chi connectivity index (χ4n) is 2.74. The summed E-state index contributed by atoms with van der Waals surface area (Å²) in [7, 11) is 4.01. The lowest BCUT2D eigenvalue weighted by atomic mass is 10.1. The summed E-state index contributed by atoms with van der Waals surface area (Å²) < 4.78 is 5.72. The number of amides is 1. The van der Waals surface area contributed by atoms with Crippen LogP contribution in [0.5, 0.6) is 0 Å². The zero-order chi connectivity index (χ0) is 17.3. The van der Waals surface area contributed by atoms with Gasteiger partial charge >= 0.3 is 0 Å². The summed E-state index contributed by atoms with van der Waals surface area (Å²) in [6.07, 6.45) is 0. The summed E-state index contributed by atoms with van der Waals surface area (Å²) in [5, 5.41) is 8.63. The van der Waals surface area contributed by atoms with Gasteiger partial charge in [-0.1, -0.05) is 11.6 Å². The number of likely N-dealkylation sites (N-methyl/N-ethyl adjacent to an activating group) is 1. The standard InChI is InChI=1S/C18H19ClN2O2S/c1-11-14-8-13(19)4-5-16(14)23-17(11)18(22)20-9-15(21(2)3)12-6-7-24-10-12/h4-8,10,15H,9H2,1-3H3,(H,20,22). The van der Waals surface area contributed by atoms with E-state index >= 15 is 0 Å². The van der Waals surface area contributed by atoms with E-state index in [2.05, 4.69) is 21.7 Å². The molecule has 0 aliphatic rings. The molecule has 0 bridgehead atoms. The fraction of sp³-hybridized carbons (Fsp3) is 0.278. The zero-order valence-electron chi connectivity index (χ0n) is 13.8. The molecule has 2 aromatic heterocycles. The summed E-state index contributed by atoms with van der Waals surface area (Å²) in [6, 6.07) is 7.57. The first-order valence-corrected chi connectivity index (χ1v) is 8.95. The van der Waals surface area contributed by atoms with Crippen LogP contribution in [0.15, 0.2) is 39.4 Å². The molecule has 24 heavy (non-hydrogen) atoms. The molecule has 0 radical (unpaired) electrons. The molecule has 6 heteroatoms. The minimum Gasteiger partial charge on any atom is -0.451 e. The molecule has 4 nitrogen and oxygen atoms in total. The molecule has 3 rings (SSSR count). The Bertz CT molecular complexity index is 855. The van der Waals surface area contributed by atoms with Crippen molar-refractivity contribution in [2.24, 2.45) is 0 Å². The van der Waals surface area contributed by atoms with E-state index in [1.54, 1.807) is 23.5 Å². The molecule has 1 aromatic carbocycles. The van der Waals surface area contributed by atoms with Gasteiger partial charge in [-0.15, -0.1) is 0 Å². The van der Waals surface area contributed by atoms with Crippen LogP contribution in [0.2, 0.25) is 5.02 Å². The highest BCUT2D eigenvalue weighted by Crippen LogP contribution is 2.28. The Kier molecular flexibility index (Phi) is 4.94. The van der Waals surface area contributed by atoms with Gasteiger partial charge in [0.2, 0.25) is 0 Å². The second-order valence-electron chi connectivity index (χ2n) is 5.94. The third-order valence-electron chi connectivity index (χ3n) is 4.11. The maximum Gasteiger partial charge on any atom is 0.287 e. The van der Waals surface area contributed by atoms with E-state index in [4.69, 9.17) is 16.0 Å². The minimum atomic E-state index is -0.207. The van der Waals surface area contributed by atoms with Crippen LogP contribution in [-0.2, 0) is 0 Å². The van der Waals surface area contributed by atoms with Crippen LogP contribution in [0.25, 0.3) is 11.0 Å². The molecule has 0 saturated heterocycles. The Morgan fingerprint density at radius 2 is 2.17 bits per heavy atom. The monoisotopic (exact) mass is 362 g/mol. The van der Waals surface area contributed by atoms with E-state index in [1.165, 1.54) is 5.56 Å². The maximum absolute atomic E-state index is 12.6. The topological polar surface area (TPSA) is 45.5 Å². The molecule has 2 heterocycles. The van der Waals surface area contributed by atoms with Crippen LogP contribution in [0, 0.1) is 6.92 Å². The van der Waals surface area contributed by atoms with Gasteiger partial charge in [0.25, 0.3) is 5.91 Å². The average molecular weight is 363 g/mol. The van der Waals surface area contributed by atoms with Crippen molar-refractivity contribution >= 4 is 39.8 Å². The number of aryl methyl sites for hydroxylation is 1. The molecular formula is C18H19ClN2O2S. The number of carbonyl (C=O) groups is 1. The SMILES string of the molecule is Cc1c(C(=O)NCC(c2ccsc2)N(C)C)oc2ccc(Cl)cc12. The van der Waals surface area contributed by atoms with Crippen molar-refractivity contribution in [1.29, 1.82) is 0 Å². The number of fused-ring (bicyclic) bond motifs is 1. The summed E-state index contributed by atoms with van der Waals surface area (Å²) >= 11 is 7.68. The van der Waals surface area contributed by atoms with Crippen molar-refractivity contribution in [3.8, 4) is 0 Å². The number of nitrogens with zero attached hydrogens (tertiary/aromatic N) is 1. The van der Waals surface area contributed by atoms with Gasteiger partial charge < -0.3 is 14.6 Å². The smallest absolute Gasteiger partial charge is 0.287 e. The molecule has 0 fully saturated rings. The molecule has 0 aliphatic carbocycles. The zero-order valence-corrected chi connectivity index (χ0v) is 15.4. The molecule has 1 unspecified atom stereocenters. The lowest BCUT2D eigenvalue weighted by molar-refractivity contribution is 0.0915. The van der Waals surface area contributed by atoms with Crippen molar-refractivity contribution in [3.05, 3.63) is 56.9 Å². The van der Waals surface area contributed by atoms with Gasteiger partial charge in [-0.2, -0.15) is 11.3 Å². The molecule has 0 saturated carbocycles. The first-order valence-electron chi connectivity index (χ1n) is 7.62. The van der Waals surface area contributed by atoms with E-state index in [0.717, 1.165) is 10.9 Å². The first-order chi connectivity index (χ1) is 11.5. The molecule has 0 aliphatic heterocycles. The van der Waals surface area contributed by atoms with Gasteiger partial charge in [-0.25, -0.2) is 0 Å². The van der Waals surface area contributed by atoms with Gasteiger partial charge in [0, 0.05) is 22.5 Å². The minimum absolute atomic E-state index is 0.124. The number of rotatable bonds is 5. The largest absolute Gasteiger partial charge is 0.451 e. The third kappa shape index (κ3) is 3.34. The average Bonchev–Trinajstić information content (AvgIpc) is 3.16. The van der Waals surface area contributed by atoms with E-state index < -0.39 is 0 Å². The van der Waals surface area contributed by atoms with Crippen LogP contribution in [0.1, 0.15) is 27.7 Å². The molecule has 3 aromatic rings. The van der Waals surface area contributed by atoms with Crippen LogP contribution < -0.4 is 5.32 Å². The molecule has 0 spiro atoms. The number of carbonyl (C=O) groups excluding carboxylic acids is 1. The van der Waals surface area contributed by atoms with Gasteiger partial charge in [0.1, 0.15) is 5.58 Å². The lowest BCUT2D eigenvalue weighted by Crippen LogP contribution is -2.34. The number of hydrogen-bond donors (Lipinski definition) is 1. The van der Waals surface area contributed by atoms with Gasteiger partial charge in [-0.3, -0.25) is 4.79 Å². The van der Waals surface area contributed by atoms with Crippen molar-refractivity contribution in [3.63, 3.8) is 0 Å². The molecule has 126 valence electrons. The Morgan fingerprint density at radius 3 is 2.83 bits per heavy atom. The highest BCUT2D eigenvalue weighted by atomic mass is 35.5. The molecule has 1 amide bonds. The molecule has 1 N–H and O–H groups in total. The highest BCUT2D eigenvalue weighted by Gasteiger charge is 2.20. The van der Waals surface area contributed by atoms with Crippen molar-refractivity contribution in [2.75, 3.05) is 20.6 Å². The summed E-state index contributed by atoms with van der Waals surface area (Å²) in [6.45, 7) is 2.39. The molecular weight excluding hydrogens is 344 g/mol. The predicted molar refractivity (Wildman–Crippen MR) is 99.0 cm³/mol. The molecule has 1 atom stereocenters. The van der Waals surface area contributed by atoms with Crippen LogP contribution in [0.4, 0.5) is 0 Å². The second kappa shape index (κ2) is 6.97. The Balaban J connectivity index is 1.79. The Labute approximate surface area is 150 Å². The van der Waals surface area contributed by atoms with Crippen molar-refractivity contribution in [1.82, 2.24) is 10.2 Å². The normalized spacial score (nSPS) is 12.7. The quantitative estimate of drug-likeness (QED) is 0.727. The Hall–Kier alpha value is -1.82. The van der Waals surface area contributed by atoms with E-state index in [9.17, 15) is 4.79 Å². The van der Waals surface area contributed by atoms with Crippen molar-refractivity contribution < 1.29 is 9.21 Å². The summed E-state index contributed by atoms with van der Waals surface area (Å²) in [5.41, 5.74) is 2.67. The number of benzene rings is 1. The van der Waals surface area contributed by atoms with Crippen LogP contribution >= 0.6 is 22.9 Å². The number of halogens is 1. The van der Waals surface area contributed by atoms with E-state index in [-0.39, 0.29) is 11.9 Å². The summed E-state index contributed by atoms with van der Waals surface area (Å²) in [5.74, 6) is 0.136. The van der Waals surface area contributed by atoms with Gasteiger partial charge in [-0.05, 0) is 61.6 Å². The third-order valence-corrected chi connectivity index (χ3v) is 5.05. The van der Waals surface area contributed by atoms with Gasteiger partial charge in [0.05, 0.1) is 6.04 Å². The number of thiophene rings is 1. The lowest BCUT2D eigenvalue weighted by Gasteiger charge is -2.23. The second-order valence-corrected chi connectivity index (χ2v) is 7.16. The van der Waals surface area contributed by atoms with E-state index in [1.807, 2.05) is 32.5 Å². The first kappa shape index (κ1) is 17.0. The Morgan fingerprint density at radius 1 is 1.38 bits per heavy atom.